The van der Waals surface area contributed by atoms with Crippen molar-refractivity contribution >= 4 is 11.0 Å². The number of ether oxygens (including phenoxy) is 1. The van der Waals surface area contributed by atoms with E-state index in [-0.39, 0.29) is 0 Å². The molecule has 0 unspecified atom stereocenters. The highest BCUT2D eigenvalue weighted by molar-refractivity contribution is 5.78. The molecule has 3 nitrogen and oxygen atoms in total. The fourth-order valence-electron chi connectivity index (χ4n) is 2.14. The number of imidazole rings is 1. The average molecular weight is 238 g/mol. The van der Waals surface area contributed by atoms with Gasteiger partial charge in [0.05, 0.1) is 23.8 Å². The molecule has 0 spiro atoms. The van der Waals surface area contributed by atoms with Crippen molar-refractivity contribution in [3.05, 3.63) is 54.4 Å². The molecule has 0 radical (unpaired) electrons. The zero-order valence-corrected chi connectivity index (χ0v) is 10.4. The molecule has 3 heteroatoms. The van der Waals surface area contributed by atoms with Gasteiger partial charge < -0.3 is 4.74 Å². The maximum absolute atomic E-state index is 5.39. The van der Waals surface area contributed by atoms with Crippen molar-refractivity contribution in [2.45, 2.75) is 6.92 Å². The van der Waals surface area contributed by atoms with Gasteiger partial charge in [-0.15, -0.1) is 0 Å². The Hall–Kier alpha value is -2.29. The molecule has 0 aliphatic rings. The Morgan fingerprint density at radius 1 is 1.11 bits per heavy atom. The minimum absolute atomic E-state index is 0.845. The van der Waals surface area contributed by atoms with E-state index in [0.29, 0.717) is 0 Å². The van der Waals surface area contributed by atoms with Gasteiger partial charge in [-0.05, 0) is 36.8 Å². The molecular weight excluding hydrogens is 224 g/mol. The Morgan fingerprint density at radius 3 is 2.78 bits per heavy atom. The minimum atomic E-state index is 0.845. The smallest absolute Gasteiger partial charge is 0.142 e. The van der Waals surface area contributed by atoms with Crippen molar-refractivity contribution in [2.24, 2.45) is 0 Å². The summed E-state index contributed by atoms with van der Waals surface area (Å²) in [6, 6.07) is 14.2. The minimum Gasteiger partial charge on any atom is -0.495 e. The van der Waals surface area contributed by atoms with Gasteiger partial charge in [0.25, 0.3) is 0 Å². The summed E-state index contributed by atoms with van der Waals surface area (Å²) in [4.78, 5) is 4.44. The highest BCUT2D eigenvalue weighted by Gasteiger charge is 2.08. The second-order valence-electron chi connectivity index (χ2n) is 4.28. The summed E-state index contributed by atoms with van der Waals surface area (Å²) in [7, 11) is 1.68. The van der Waals surface area contributed by atoms with Gasteiger partial charge in [0.15, 0.2) is 0 Å². The molecular formula is C15H14N2O. The van der Waals surface area contributed by atoms with E-state index in [1.165, 1.54) is 5.56 Å². The van der Waals surface area contributed by atoms with Crippen molar-refractivity contribution in [1.82, 2.24) is 9.55 Å². The number of nitrogens with zero attached hydrogens (tertiary/aromatic N) is 2. The molecule has 0 saturated heterocycles. The lowest BCUT2D eigenvalue weighted by Crippen LogP contribution is -1.96. The molecule has 0 amide bonds. The van der Waals surface area contributed by atoms with Crippen LogP contribution in [0.1, 0.15) is 5.56 Å². The lowest BCUT2D eigenvalue weighted by molar-refractivity contribution is 0.413. The Balaban J connectivity index is 2.26. The number of hydrogen-bond acceptors (Lipinski definition) is 2. The number of aryl methyl sites for hydroxylation is 1. The maximum atomic E-state index is 5.39. The van der Waals surface area contributed by atoms with Crippen molar-refractivity contribution in [1.29, 1.82) is 0 Å². The van der Waals surface area contributed by atoms with Gasteiger partial charge in [0, 0.05) is 0 Å². The standard InChI is InChI=1S/C15H14N2O/c1-11-7-8-13-12(9-11)16-10-17(13)14-5-3-4-6-15(14)18-2/h3-10H,1-2H3. The van der Waals surface area contributed by atoms with E-state index in [0.717, 1.165) is 22.5 Å². The van der Waals surface area contributed by atoms with Crippen molar-refractivity contribution < 1.29 is 4.74 Å². The van der Waals surface area contributed by atoms with Crippen LogP contribution < -0.4 is 4.74 Å². The third kappa shape index (κ3) is 1.64. The number of para-hydroxylation sites is 2. The first-order valence-electron chi connectivity index (χ1n) is 5.86. The first kappa shape index (κ1) is 10.8. The van der Waals surface area contributed by atoms with Crippen molar-refractivity contribution in [3.63, 3.8) is 0 Å². The van der Waals surface area contributed by atoms with Gasteiger partial charge in [-0.3, -0.25) is 4.57 Å². The molecule has 90 valence electrons. The van der Waals surface area contributed by atoms with Crippen LogP contribution in [0.5, 0.6) is 5.75 Å². The Bertz CT molecular complexity index is 701. The zero-order chi connectivity index (χ0) is 12.5. The molecule has 0 saturated carbocycles. The second kappa shape index (κ2) is 4.18. The third-order valence-corrected chi connectivity index (χ3v) is 3.05. The van der Waals surface area contributed by atoms with Gasteiger partial charge in [-0.1, -0.05) is 18.2 Å². The van der Waals surface area contributed by atoms with E-state index in [1.807, 2.05) is 35.2 Å². The number of methoxy groups -OCH3 is 1. The first-order valence-corrected chi connectivity index (χ1v) is 5.86. The van der Waals surface area contributed by atoms with Crippen molar-refractivity contribution in [3.8, 4) is 11.4 Å². The molecule has 1 aromatic heterocycles. The van der Waals surface area contributed by atoms with Gasteiger partial charge in [-0.25, -0.2) is 4.98 Å². The predicted octanol–water partition coefficient (Wildman–Crippen LogP) is 3.34. The highest BCUT2D eigenvalue weighted by atomic mass is 16.5. The normalized spacial score (nSPS) is 10.8. The lowest BCUT2D eigenvalue weighted by atomic mass is 10.2. The van der Waals surface area contributed by atoms with Crippen molar-refractivity contribution in [2.75, 3.05) is 7.11 Å². The third-order valence-electron chi connectivity index (χ3n) is 3.05. The highest BCUT2D eigenvalue weighted by Crippen LogP contribution is 2.26. The second-order valence-corrected chi connectivity index (χ2v) is 4.28. The molecule has 0 bridgehead atoms. The molecule has 0 atom stereocenters. The fourth-order valence-corrected chi connectivity index (χ4v) is 2.14. The SMILES string of the molecule is COc1ccccc1-n1cnc2cc(C)ccc21. The molecule has 0 fully saturated rings. The summed E-state index contributed by atoms with van der Waals surface area (Å²) < 4.78 is 7.44. The van der Waals surface area contributed by atoms with E-state index in [1.54, 1.807) is 7.11 Å². The molecule has 3 rings (SSSR count). The fraction of sp³-hybridized carbons (Fsp3) is 0.133. The number of benzene rings is 2. The van der Waals surface area contributed by atoms with Crippen LogP contribution in [0, 0.1) is 6.92 Å². The van der Waals surface area contributed by atoms with Crippen LogP contribution in [0.25, 0.3) is 16.7 Å². The Kier molecular flexibility index (Phi) is 2.52. The van der Waals surface area contributed by atoms with Gasteiger partial charge in [0.2, 0.25) is 0 Å². The van der Waals surface area contributed by atoms with E-state index in [2.05, 4.69) is 30.1 Å². The van der Waals surface area contributed by atoms with Gasteiger partial charge in [-0.2, -0.15) is 0 Å². The van der Waals surface area contributed by atoms with E-state index >= 15 is 0 Å². The largest absolute Gasteiger partial charge is 0.495 e. The van der Waals surface area contributed by atoms with Gasteiger partial charge in [0.1, 0.15) is 12.1 Å². The molecule has 0 N–H and O–H groups in total. The summed E-state index contributed by atoms with van der Waals surface area (Å²) >= 11 is 0. The van der Waals surface area contributed by atoms with Crippen LogP contribution in [0.3, 0.4) is 0 Å². The Labute approximate surface area is 106 Å². The number of rotatable bonds is 2. The topological polar surface area (TPSA) is 27.1 Å². The quantitative estimate of drug-likeness (QED) is 0.684. The van der Waals surface area contributed by atoms with Crippen LogP contribution in [0.15, 0.2) is 48.8 Å². The summed E-state index contributed by atoms with van der Waals surface area (Å²) in [6.45, 7) is 2.07. The molecule has 18 heavy (non-hydrogen) atoms. The monoisotopic (exact) mass is 238 g/mol. The number of fused-ring (bicyclic) bond motifs is 1. The summed E-state index contributed by atoms with van der Waals surface area (Å²) in [5.41, 5.74) is 4.31. The molecule has 0 aliphatic heterocycles. The predicted molar refractivity (Wildman–Crippen MR) is 72.4 cm³/mol. The molecule has 1 heterocycles. The first-order chi connectivity index (χ1) is 8.79. The van der Waals surface area contributed by atoms with Crippen LogP contribution >= 0.6 is 0 Å². The van der Waals surface area contributed by atoms with Crippen LogP contribution in [-0.4, -0.2) is 16.7 Å². The average Bonchev–Trinajstić information content (AvgIpc) is 2.81. The Morgan fingerprint density at radius 2 is 1.94 bits per heavy atom. The van der Waals surface area contributed by atoms with E-state index in [4.69, 9.17) is 4.74 Å². The zero-order valence-electron chi connectivity index (χ0n) is 10.4. The summed E-state index contributed by atoms with van der Waals surface area (Å²) in [5.74, 6) is 0.845. The van der Waals surface area contributed by atoms with Gasteiger partial charge >= 0.3 is 0 Å². The molecule has 2 aromatic carbocycles. The molecule has 0 aliphatic carbocycles. The van der Waals surface area contributed by atoms with E-state index < -0.39 is 0 Å². The van der Waals surface area contributed by atoms with Crippen LogP contribution in [0.4, 0.5) is 0 Å². The molecule has 3 aromatic rings. The lowest BCUT2D eigenvalue weighted by Gasteiger charge is -2.09. The summed E-state index contributed by atoms with van der Waals surface area (Å²) in [6.07, 6.45) is 1.84. The maximum Gasteiger partial charge on any atom is 0.142 e. The number of hydrogen-bond donors (Lipinski definition) is 0. The summed E-state index contributed by atoms with van der Waals surface area (Å²) in [5, 5.41) is 0. The van der Waals surface area contributed by atoms with E-state index in [9.17, 15) is 0 Å². The van der Waals surface area contributed by atoms with Crippen LogP contribution in [-0.2, 0) is 0 Å². The number of aromatic nitrogens is 2. The van der Waals surface area contributed by atoms with Crippen LogP contribution in [0.2, 0.25) is 0 Å².